The lowest BCUT2D eigenvalue weighted by Crippen LogP contribution is -2.41. The summed E-state index contributed by atoms with van der Waals surface area (Å²) in [7, 11) is 1.48. The number of carbonyl (C=O) groups excluding carboxylic acids is 2. The second-order valence-corrected chi connectivity index (χ2v) is 6.59. The molecular formula is C19H25N5O4. The number of methoxy groups -OCH3 is 1. The highest BCUT2D eigenvalue weighted by molar-refractivity contribution is 5.79. The number of ether oxygens (including phenoxy) is 2. The average Bonchev–Trinajstić information content (AvgIpc) is 3.00. The van der Waals surface area contributed by atoms with Gasteiger partial charge in [0.25, 0.3) is 5.91 Å². The van der Waals surface area contributed by atoms with Crippen LogP contribution in [0, 0.1) is 6.92 Å². The van der Waals surface area contributed by atoms with E-state index >= 15 is 0 Å². The molecule has 150 valence electrons. The van der Waals surface area contributed by atoms with Crippen molar-refractivity contribution >= 4 is 11.8 Å². The summed E-state index contributed by atoms with van der Waals surface area (Å²) in [4.78, 5) is 32.9. The molecule has 1 aliphatic heterocycles. The van der Waals surface area contributed by atoms with Gasteiger partial charge in [-0.25, -0.2) is 4.98 Å². The number of nitrogens with one attached hydrogen (secondary N) is 1. The van der Waals surface area contributed by atoms with Crippen LogP contribution in [0.2, 0.25) is 0 Å². The molecule has 0 radical (unpaired) electrons. The maximum Gasteiger partial charge on any atom is 0.260 e. The van der Waals surface area contributed by atoms with Gasteiger partial charge in [-0.05, 0) is 25.5 Å². The molecule has 0 aliphatic carbocycles. The molecule has 9 nitrogen and oxygen atoms in total. The molecule has 2 amide bonds. The van der Waals surface area contributed by atoms with Gasteiger partial charge < -0.3 is 19.3 Å². The van der Waals surface area contributed by atoms with Gasteiger partial charge in [0, 0.05) is 26.7 Å². The zero-order chi connectivity index (χ0) is 19.9. The molecule has 1 N–H and O–H groups in total. The number of aromatic amines is 1. The molecular weight excluding hydrogens is 362 g/mol. The van der Waals surface area contributed by atoms with E-state index in [1.54, 1.807) is 9.80 Å². The Labute approximate surface area is 163 Å². The van der Waals surface area contributed by atoms with Crippen LogP contribution < -0.4 is 4.74 Å². The van der Waals surface area contributed by atoms with Crippen molar-refractivity contribution in [3.8, 4) is 5.75 Å². The lowest BCUT2D eigenvalue weighted by Gasteiger charge is -2.27. The third kappa shape index (κ3) is 4.86. The fraction of sp³-hybridized carbons (Fsp3) is 0.474. The van der Waals surface area contributed by atoms with Crippen LogP contribution in [0.4, 0.5) is 0 Å². The molecule has 9 heteroatoms. The van der Waals surface area contributed by atoms with Crippen molar-refractivity contribution in [1.82, 2.24) is 25.0 Å². The first kappa shape index (κ1) is 19.8. The van der Waals surface area contributed by atoms with Crippen LogP contribution >= 0.6 is 0 Å². The molecule has 1 aromatic carbocycles. The number of H-pyrrole nitrogens is 1. The number of aryl methyl sites for hydroxylation is 1. The number of hydrogen-bond donors (Lipinski definition) is 1. The number of carbonyl (C=O) groups is 2. The zero-order valence-corrected chi connectivity index (χ0v) is 16.1. The van der Waals surface area contributed by atoms with Crippen LogP contribution in [-0.2, 0) is 14.3 Å². The Bertz CT molecular complexity index is 795. The summed E-state index contributed by atoms with van der Waals surface area (Å²) in [5.41, 5.74) is 0. The number of hydrogen-bond acceptors (Lipinski definition) is 6. The Morgan fingerprint density at radius 3 is 2.61 bits per heavy atom. The molecule has 2 heterocycles. The number of benzene rings is 1. The second kappa shape index (κ2) is 9.32. The van der Waals surface area contributed by atoms with E-state index in [1.165, 1.54) is 7.11 Å². The predicted molar refractivity (Wildman–Crippen MR) is 101 cm³/mol. The van der Waals surface area contributed by atoms with Gasteiger partial charge in [-0.3, -0.25) is 14.7 Å². The van der Waals surface area contributed by atoms with Crippen molar-refractivity contribution in [2.75, 3.05) is 40.0 Å². The summed E-state index contributed by atoms with van der Waals surface area (Å²) in [5, 5.41) is 7.04. The maximum absolute atomic E-state index is 12.6. The Morgan fingerprint density at radius 1 is 1.14 bits per heavy atom. The summed E-state index contributed by atoms with van der Waals surface area (Å²) in [6, 6.07) is 8.91. The standard InChI is InChI=1S/C19H25N5O4/c1-14-20-19(22-21-14)16-8-9-23(10-11-24(16)18(26)12-27-2)17(25)13-28-15-6-4-3-5-7-15/h3-7,16H,8-13H2,1-2H3,(H,20,21,22). The van der Waals surface area contributed by atoms with Crippen LogP contribution in [0.1, 0.15) is 24.1 Å². The molecule has 3 rings (SSSR count). The highest BCUT2D eigenvalue weighted by Crippen LogP contribution is 2.25. The van der Waals surface area contributed by atoms with Gasteiger partial charge in [-0.1, -0.05) is 18.2 Å². The minimum Gasteiger partial charge on any atom is -0.484 e. The fourth-order valence-corrected chi connectivity index (χ4v) is 3.21. The number of aromatic nitrogens is 3. The summed E-state index contributed by atoms with van der Waals surface area (Å²) < 4.78 is 10.6. The summed E-state index contributed by atoms with van der Waals surface area (Å²) >= 11 is 0. The van der Waals surface area contributed by atoms with Gasteiger partial charge in [-0.15, -0.1) is 0 Å². The Morgan fingerprint density at radius 2 is 1.93 bits per heavy atom. The van der Waals surface area contributed by atoms with Gasteiger partial charge in [-0.2, -0.15) is 5.10 Å². The minimum absolute atomic E-state index is 0.0228. The number of rotatable bonds is 6. The van der Waals surface area contributed by atoms with E-state index in [0.29, 0.717) is 43.5 Å². The molecule has 0 saturated carbocycles. The van der Waals surface area contributed by atoms with Crippen molar-refractivity contribution in [2.24, 2.45) is 0 Å². The Kier molecular flexibility index (Phi) is 6.59. The SMILES string of the molecule is COCC(=O)N1CCN(C(=O)COc2ccccc2)CCC1c1n[nH]c(C)n1. The molecule has 1 saturated heterocycles. The van der Waals surface area contributed by atoms with Crippen LogP contribution in [0.15, 0.2) is 30.3 Å². The van der Waals surface area contributed by atoms with Crippen molar-refractivity contribution < 1.29 is 19.1 Å². The number of amides is 2. The van der Waals surface area contributed by atoms with E-state index in [4.69, 9.17) is 9.47 Å². The molecule has 1 atom stereocenters. The number of para-hydroxylation sites is 1. The maximum atomic E-state index is 12.6. The van der Waals surface area contributed by atoms with Crippen molar-refractivity contribution in [3.63, 3.8) is 0 Å². The lowest BCUT2D eigenvalue weighted by molar-refractivity contribution is -0.138. The predicted octanol–water partition coefficient (Wildman–Crippen LogP) is 0.941. The van der Waals surface area contributed by atoms with Gasteiger partial charge in [0.2, 0.25) is 5.91 Å². The first-order valence-electron chi connectivity index (χ1n) is 9.21. The molecule has 1 aliphatic rings. The summed E-state index contributed by atoms with van der Waals surface area (Å²) in [6.07, 6.45) is 0.545. The van der Waals surface area contributed by atoms with E-state index in [1.807, 2.05) is 37.3 Å². The van der Waals surface area contributed by atoms with Gasteiger partial charge >= 0.3 is 0 Å². The molecule has 1 fully saturated rings. The zero-order valence-electron chi connectivity index (χ0n) is 16.1. The Balaban J connectivity index is 1.67. The van der Waals surface area contributed by atoms with Crippen molar-refractivity contribution in [1.29, 1.82) is 0 Å². The largest absolute Gasteiger partial charge is 0.484 e. The molecule has 1 unspecified atom stereocenters. The topological polar surface area (TPSA) is 101 Å². The lowest BCUT2D eigenvalue weighted by atomic mass is 10.1. The third-order valence-corrected chi connectivity index (χ3v) is 4.62. The van der Waals surface area contributed by atoms with Gasteiger partial charge in [0.05, 0.1) is 6.04 Å². The summed E-state index contributed by atoms with van der Waals surface area (Å²) in [5.74, 6) is 1.62. The smallest absolute Gasteiger partial charge is 0.260 e. The monoisotopic (exact) mass is 387 g/mol. The Hall–Kier alpha value is -2.94. The fourth-order valence-electron chi connectivity index (χ4n) is 3.21. The normalized spacial score (nSPS) is 17.3. The quantitative estimate of drug-likeness (QED) is 0.792. The molecule has 28 heavy (non-hydrogen) atoms. The van der Waals surface area contributed by atoms with Gasteiger partial charge in [0.15, 0.2) is 12.4 Å². The average molecular weight is 387 g/mol. The minimum atomic E-state index is -0.305. The van der Waals surface area contributed by atoms with Crippen LogP contribution in [0.5, 0.6) is 5.75 Å². The van der Waals surface area contributed by atoms with Crippen LogP contribution in [0.25, 0.3) is 0 Å². The van der Waals surface area contributed by atoms with Crippen LogP contribution in [0.3, 0.4) is 0 Å². The van der Waals surface area contributed by atoms with E-state index < -0.39 is 0 Å². The first-order valence-corrected chi connectivity index (χ1v) is 9.21. The highest BCUT2D eigenvalue weighted by atomic mass is 16.5. The van der Waals surface area contributed by atoms with Crippen LogP contribution in [-0.4, -0.2) is 76.8 Å². The number of nitrogens with zero attached hydrogens (tertiary/aromatic N) is 4. The van der Waals surface area contributed by atoms with Crippen molar-refractivity contribution in [2.45, 2.75) is 19.4 Å². The van der Waals surface area contributed by atoms with E-state index in [-0.39, 0.29) is 31.1 Å². The molecule has 0 spiro atoms. The van der Waals surface area contributed by atoms with E-state index in [2.05, 4.69) is 15.2 Å². The molecule has 2 aromatic rings. The third-order valence-electron chi connectivity index (χ3n) is 4.62. The molecule has 0 bridgehead atoms. The van der Waals surface area contributed by atoms with Gasteiger partial charge in [0.1, 0.15) is 18.2 Å². The first-order chi connectivity index (χ1) is 13.6. The molecule has 1 aromatic heterocycles. The van der Waals surface area contributed by atoms with Crippen molar-refractivity contribution in [3.05, 3.63) is 42.0 Å². The summed E-state index contributed by atoms with van der Waals surface area (Å²) in [6.45, 7) is 3.05. The van der Waals surface area contributed by atoms with E-state index in [9.17, 15) is 9.59 Å². The second-order valence-electron chi connectivity index (χ2n) is 6.59. The highest BCUT2D eigenvalue weighted by Gasteiger charge is 2.32. The van der Waals surface area contributed by atoms with E-state index in [0.717, 1.165) is 0 Å².